The van der Waals surface area contributed by atoms with Gasteiger partial charge in [0.25, 0.3) is 0 Å². The van der Waals surface area contributed by atoms with Crippen LogP contribution in [0.4, 0.5) is 0 Å². The summed E-state index contributed by atoms with van der Waals surface area (Å²) in [5.41, 5.74) is 0. The highest BCUT2D eigenvalue weighted by atomic mass is 16.5. The first kappa shape index (κ1) is 10.4. The zero-order chi connectivity index (χ0) is 9.97. The normalized spacial score (nSPS) is 34.7. The average molecular weight is 197 g/mol. The number of methoxy groups -OCH3 is 1. The molecule has 0 radical (unpaired) electrons. The van der Waals surface area contributed by atoms with Gasteiger partial charge in [-0.15, -0.1) is 0 Å². The first-order valence-electron chi connectivity index (χ1n) is 5.97. The molecule has 0 aromatic carbocycles. The molecular formula is C12H23NO. The van der Waals surface area contributed by atoms with Gasteiger partial charge in [0.2, 0.25) is 0 Å². The predicted molar refractivity (Wildman–Crippen MR) is 58.3 cm³/mol. The summed E-state index contributed by atoms with van der Waals surface area (Å²) in [6, 6.07) is 0. The fourth-order valence-electron chi connectivity index (χ4n) is 2.74. The monoisotopic (exact) mass is 197 g/mol. The van der Waals surface area contributed by atoms with Crippen molar-refractivity contribution in [2.75, 3.05) is 33.9 Å². The molecule has 1 aliphatic carbocycles. The zero-order valence-corrected chi connectivity index (χ0v) is 9.54. The second-order valence-electron chi connectivity index (χ2n) is 5.19. The van der Waals surface area contributed by atoms with Crippen LogP contribution in [0.2, 0.25) is 0 Å². The lowest BCUT2D eigenvalue weighted by atomic mass is 9.91. The number of likely N-dealkylation sites (tertiary alicyclic amines) is 1. The molecule has 0 amide bonds. The van der Waals surface area contributed by atoms with E-state index in [1.165, 1.54) is 38.8 Å². The molecule has 2 unspecified atom stereocenters. The van der Waals surface area contributed by atoms with Crippen molar-refractivity contribution in [3.8, 4) is 0 Å². The molecule has 2 atom stereocenters. The lowest BCUT2D eigenvalue weighted by molar-refractivity contribution is 0.172. The third-order valence-corrected chi connectivity index (χ3v) is 3.92. The maximum absolute atomic E-state index is 5.19. The minimum atomic E-state index is 0.902. The Hall–Kier alpha value is -0.0800. The van der Waals surface area contributed by atoms with Crippen LogP contribution < -0.4 is 0 Å². The number of ether oxygens (including phenoxy) is 1. The molecule has 1 aliphatic heterocycles. The Balaban J connectivity index is 1.62. The van der Waals surface area contributed by atoms with Crippen molar-refractivity contribution < 1.29 is 4.74 Å². The van der Waals surface area contributed by atoms with E-state index in [1.54, 1.807) is 0 Å². The fourth-order valence-corrected chi connectivity index (χ4v) is 2.74. The van der Waals surface area contributed by atoms with Gasteiger partial charge in [0, 0.05) is 13.7 Å². The van der Waals surface area contributed by atoms with Crippen molar-refractivity contribution in [2.45, 2.75) is 25.7 Å². The van der Waals surface area contributed by atoms with Crippen LogP contribution in [-0.2, 0) is 4.74 Å². The van der Waals surface area contributed by atoms with Gasteiger partial charge in [-0.1, -0.05) is 0 Å². The second-order valence-corrected chi connectivity index (χ2v) is 5.19. The minimum Gasteiger partial charge on any atom is -0.384 e. The molecule has 2 rings (SSSR count). The van der Waals surface area contributed by atoms with Gasteiger partial charge in [0.15, 0.2) is 0 Å². The molecule has 2 heteroatoms. The van der Waals surface area contributed by atoms with Crippen molar-refractivity contribution in [2.24, 2.45) is 17.8 Å². The Morgan fingerprint density at radius 2 is 1.93 bits per heavy atom. The first-order valence-corrected chi connectivity index (χ1v) is 5.97. The summed E-state index contributed by atoms with van der Waals surface area (Å²) in [4.78, 5) is 2.45. The molecule has 1 saturated heterocycles. The Labute approximate surface area is 87.6 Å². The van der Waals surface area contributed by atoms with Crippen LogP contribution >= 0.6 is 0 Å². The van der Waals surface area contributed by atoms with Crippen LogP contribution in [0.1, 0.15) is 25.7 Å². The van der Waals surface area contributed by atoms with Gasteiger partial charge in [0.05, 0.1) is 0 Å². The molecule has 0 aromatic heterocycles. The van der Waals surface area contributed by atoms with Crippen molar-refractivity contribution in [1.82, 2.24) is 4.90 Å². The minimum absolute atomic E-state index is 0.902. The van der Waals surface area contributed by atoms with E-state index in [-0.39, 0.29) is 0 Å². The molecule has 0 aromatic rings. The van der Waals surface area contributed by atoms with E-state index in [0.29, 0.717) is 0 Å². The van der Waals surface area contributed by atoms with Gasteiger partial charge >= 0.3 is 0 Å². The fraction of sp³-hybridized carbons (Fsp3) is 1.00. The quantitative estimate of drug-likeness (QED) is 0.683. The molecule has 14 heavy (non-hydrogen) atoms. The van der Waals surface area contributed by atoms with Crippen molar-refractivity contribution in [3.63, 3.8) is 0 Å². The number of hydrogen-bond donors (Lipinski definition) is 0. The Kier molecular flexibility index (Phi) is 3.45. The van der Waals surface area contributed by atoms with Crippen LogP contribution in [0, 0.1) is 17.8 Å². The highest BCUT2D eigenvalue weighted by Gasteiger charge is 2.38. The summed E-state index contributed by atoms with van der Waals surface area (Å²) in [6.45, 7) is 3.62. The molecule has 1 saturated carbocycles. The van der Waals surface area contributed by atoms with Crippen LogP contribution in [0.25, 0.3) is 0 Å². The van der Waals surface area contributed by atoms with Crippen molar-refractivity contribution in [1.29, 1.82) is 0 Å². The van der Waals surface area contributed by atoms with E-state index >= 15 is 0 Å². The molecule has 2 fully saturated rings. The molecule has 2 nitrogen and oxygen atoms in total. The zero-order valence-electron chi connectivity index (χ0n) is 9.54. The van der Waals surface area contributed by atoms with E-state index in [4.69, 9.17) is 4.74 Å². The molecule has 2 aliphatic rings. The predicted octanol–water partition coefficient (Wildman–Crippen LogP) is 2.00. The number of hydrogen-bond acceptors (Lipinski definition) is 2. The van der Waals surface area contributed by atoms with Gasteiger partial charge in [-0.2, -0.15) is 0 Å². The van der Waals surface area contributed by atoms with Gasteiger partial charge in [-0.05, 0) is 63.6 Å². The first-order chi connectivity index (χ1) is 6.79. The summed E-state index contributed by atoms with van der Waals surface area (Å²) in [7, 11) is 4.06. The van der Waals surface area contributed by atoms with Crippen molar-refractivity contribution in [3.05, 3.63) is 0 Å². The second kappa shape index (κ2) is 4.63. The van der Waals surface area contributed by atoms with Crippen molar-refractivity contribution >= 4 is 0 Å². The summed E-state index contributed by atoms with van der Waals surface area (Å²) < 4.78 is 5.19. The Bertz CT molecular complexity index is 175. The maximum atomic E-state index is 5.19. The smallest absolute Gasteiger partial charge is 0.0493 e. The highest BCUT2D eigenvalue weighted by Crippen LogP contribution is 2.44. The van der Waals surface area contributed by atoms with E-state index in [9.17, 15) is 0 Å². The number of rotatable bonds is 4. The largest absolute Gasteiger partial charge is 0.384 e. The molecule has 0 N–H and O–H groups in total. The number of nitrogens with zero attached hydrogens (tertiary/aromatic N) is 1. The van der Waals surface area contributed by atoms with Crippen LogP contribution in [-0.4, -0.2) is 38.8 Å². The average Bonchev–Trinajstić information content (AvgIpc) is 2.89. The third kappa shape index (κ3) is 2.71. The Morgan fingerprint density at radius 1 is 1.21 bits per heavy atom. The highest BCUT2D eigenvalue weighted by molar-refractivity contribution is 4.88. The summed E-state index contributed by atoms with van der Waals surface area (Å²) >= 11 is 0. The molecule has 1 heterocycles. The lowest BCUT2D eigenvalue weighted by Crippen LogP contribution is -2.30. The van der Waals surface area contributed by atoms with E-state index in [2.05, 4.69) is 11.9 Å². The summed E-state index contributed by atoms with van der Waals surface area (Å²) in [5.74, 6) is 2.92. The van der Waals surface area contributed by atoms with Crippen LogP contribution in [0.5, 0.6) is 0 Å². The molecule has 0 bridgehead atoms. The Morgan fingerprint density at radius 3 is 2.57 bits per heavy atom. The SMILES string of the molecule is COCC1CC1CC1CCN(C)CC1. The molecular weight excluding hydrogens is 174 g/mol. The molecule has 82 valence electrons. The van der Waals surface area contributed by atoms with E-state index < -0.39 is 0 Å². The standard InChI is InChI=1S/C12H23NO/c1-13-5-3-10(4-6-13)7-11-8-12(11)9-14-2/h10-12H,3-9H2,1-2H3. The van der Waals surface area contributed by atoms with E-state index in [0.717, 1.165) is 24.4 Å². The summed E-state index contributed by atoms with van der Waals surface area (Å²) in [6.07, 6.45) is 5.75. The maximum Gasteiger partial charge on any atom is 0.0493 e. The third-order valence-electron chi connectivity index (χ3n) is 3.92. The van der Waals surface area contributed by atoms with Gasteiger partial charge in [-0.25, -0.2) is 0 Å². The topological polar surface area (TPSA) is 12.5 Å². The summed E-state index contributed by atoms with van der Waals surface area (Å²) in [5, 5.41) is 0. The van der Waals surface area contributed by atoms with Gasteiger partial charge in [-0.3, -0.25) is 0 Å². The lowest BCUT2D eigenvalue weighted by Gasteiger charge is -2.29. The van der Waals surface area contributed by atoms with E-state index in [1.807, 2.05) is 7.11 Å². The van der Waals surface area contributed by atoms with Crippen LogP contribution in [0.3, 0.4) is 0 Å². The van der Waals surface area contributed by atoms with Gasteiger partial charge in [0.1, 0.15) is 0 Å². The van der Waals surface area contributed by atoms with Crippen LogP contribution in [0.15, 0.2) is 0 Å². The molecule has 0 spiro atoms. The number of piperidine rings is 1. The van der Waals surface area contributed by atoms with Gasteiger partial charge < -0.3 is 9.64 Å².